The van der Waals surface area contributed by atoms with Gasteiger partial charge in [0, 0.05) is 11.6 Å². The molecule has 0 aliphatic rings. The number of amides is 2. The summed E-state index contributed by atoms with van der Waals surface area (Å²) >= 11 is 0. The molecule has 6 nitrogen and oxygen atoms in total. The minimum absolute atomic E-state index is 0.216. The van der Waals surface area contributed by atoms with Crippen molar-refractivity contribution in [3.63, 3.8) is 0 Å². The van der Waals surface area contributed by atoms with Gasteiger partial charge in [0.05, 0.1) is 5.56 Å². The molecule has 0 aliphatic carbocycles. The third-order valence-corrected chi connectivity index (χ3v) is 2.81. The van der Waals surface area contributed by atoms with Crippen LogP contribution in [0.4, 0.5) is 8.78 Å². The van der Waals surface area contributed by atoms with Crippen LogP contribution in [0.25, 0.3) is 0 Å². The van der Waals surface area contributed by atoms with Crippen molar-refractivity contribution in [2.24, 2.45) is 0 Å². The lowest BCUT2D eigenvalue weighted by Gasteiger charge is -2.09. The number of carbonyl (C=O) groups is 2. The highest BCUT2D eigenvalue weighted by atomic mass is 19.1. The Bertz CT molecular complexity index is 798. The normalized spacial score (nSPS) is 9.71. The first-order chi connectivity index (χ1) is 11.5. The standard InChI is InChI=1S/C16H11F2N3O3/c17-12-5-11(6-13(18)7-12)16(23)21-20-15(22)9-24-14-4-2-1-3-10(14)8-19/h1-7H,9H2,(H,20,22)(H,21,23). The van der Waals surface area contributed by atoms with Gasteiger partial charge in [0.15, 0.2) is 6.61 Å². The average Bonchev–Trinajstić information content (AvgIpc) is 2.57. The second-order valence-electron chi connectivity index (χ2n) is 4.56. The van der Waals surface area contributed by atoms with Crippen LogP contribution < -0.4 is 15.6 Å². The average molecular weight is 331 g/mol. The predicted molar refractivity (Wildman–Crippen MR) is 78.6 cm³/mol. The lowest BCUT2D eigenvalue weighted by Crippen LogP contribution is -2.43. The van der Waals surface area contributed by atoms with Crippen molar-refractivity contribution in [1.29, 1.82) is 5.26 Å². The summed E-state index contributed by atoms with van der Waals surface area (Å²) in [5.41, 5.74) is 4.00. The summed E-state index contributed by atoms with van der Waals surface area (Å²) in [6.45, 7) is -0.462. The molecule has 0 saturated heterocycles. The molecule has 2 N–H and O–H groups in total. The van der Waals surface area contributed by atoms with E-state index in [1.54, 1.807) is 12.1 Å². The topological polar surface area (TPSA) is 91.2 Å². The number of hydrogen-bond donors (Lipinski definition) is 2. The van der Waals surface area contributed by atoms with Gasteiger partial charge in [-0.05, 0) is 24.3 Å². The molecule has 0 fully saturated rings. The van der Waals surface area contributed by atoms with Gasteiger partial charge in [-0.3, -0.25) is 20.4 Å². The fraction of sp³-hybridized carbons (Fsp3) is 0.0625. The number of para-hydroxylation sites is 1. The predicted octanol–water partition coefficient (Wildman–Crippen LogP) is 1.68. The molecule has 0 bridgehead atoms. The molecule has 24 heavy (non-hydrogen) atoms. The van der Waals surface area contributed by atoms with Crippen molar-refractivity contribution in [2.75, 3.05) is 6.61 Å². The van der Waals surface area contributed by atoms with E-state index in [-0.39, 0.29) is 16.9 Å². The van der Waals surface area contributed by atoms with Crippen LogP contribution in [0.3, 0.4) is 0 Å². The fourth-order valence-electron chi connectivity index (χ4n) is 1.75. The third-order valence-electron chi connectivity index (χ3n) is 2.81. The highest BCUT2D eigenvalue weighted by Crippen LogP contribution is 2.16. The van der Waals surface area contributed by atoms with Gasteiger partial charge in [0.2, 0.25) is 0 Å². The first-order valence-corrected chi connectivity index (χ1v) is 6.67. The molecule has 0 saturated carbocycles. The van der Waals surface area contributed by atoms with Gasteiger partial charge in [-0.25, -0.2) is 8.78 Å². The van der Waals surface area contributed by atoms with E-state index >= 15 is 0 Å². The van der Waals surface area contributed by atoms with Gasteiger partial charge in [-0.2, -0.15) is 5.26 Å². The third kappa shape index (κ3) is 4.51. The van der Waals surface area contributed by atoms with Crippen molar-refractivity contribution in [3.05, 3.63) is 65.2 Å². The molecule has 2 amide bonds. The minimum atomic E-state index is -0.914. The number of benzene rings is 2. The molecule has 0 atom stereocenters. The summed E-state index contributed by atoms with van der Waals surface area (Å²) in [5, 5.41) is 8.88. The number of carbonyl (C=O) groups excluding carboxylic acids is 2. The van der Waals surface area contributed by atoms with E-state index in [4.69, 9.17) is 10.00 Å². The maximum Gasteiger partial charge on any atom is 0.276 e. The Morgan fingerprint density at radius 3 is 2.42 bits per heavy atom. The van der Waals surface area contributed by atoms with Crippen LogP contribution in [-0.4, -0.2) is 18.4 Å². The second-order valence-corrected chi connectivity index (χ2v) is 4.56. The number of ether oxygens (including phenoxy) is 1. The molecule has 8 heteroatoms. The SMILES string of the molecule is N#Cc1ccccc1OCC(=O)NNC(=O)c1cc(F)cc(F)c1. The van der Waals surface area contributed by atoms with Crippen LogP contribution >= 0.6 is 0 Å². The van der Waals surface area contributed by atoms with Crippen LogP contribution in [-0.2, 0) is 4.79 Å². The van der Waals surface area contributed by atoms with E-state index in [1.807, 2.05) is 16.9 Å². The summed E-state index contributed by atoms with van der Waals surface area (Å²) < 4.78 is 31.2. The Hall–Kier alpha value is -3.47. The number of nitrogens with zero attached hydrogens (tertiary/aromatic N) is 1. The van der Waals surface area contributed by atoms with E-state index in [0.717, 1.165) is 12.1 Å². The molecule has 0 unspecified atom stereocenters. The summed E-state index contributed by atoms with van der Waals surface area (Å²) in [7, 11) is 0. The number of hydrogen-bond acceptors (Lipinski definition) is 4. The van der Waals surface area contributed by atoms with Gasteiger partial charge in [-0.1, -0.05) is 12.1 Å². The molecule has 2 aromatic carbocycles. The highest BCUT2D eigenvalue weighted by molar-refractivity contribution is 5.95. The molecule has 0 radical (unpaired) electrons. The summed E-state index contributed by atoms with van der Waals surface area (Å²) in [6.07, 6.45) is 0. The van der Waals surface area contributed by atoms with Gasteiger partial charge in [0.1, 0.15) is 23.5 Å². The Labute approximate surface area is 135 Å². The zero-order valence-corrected chi connectivity index (χ0v) is 12.2. The van der Waals surface area contributed by atoms with Crippen LogP contribution in [0.1, 0.15) is 15.9 Å². The summed E-state index contributed by atoms with van der Waals surface area (Å²) in [6, 6.07) is 10.5. The molecule has 0 heterocycles. The number of nitrogens with one attached hydrogen (secondary N) is 2. The number of halogens is 2. The Morgan fingerprint density at radius 2 is 1.75 bits per heavy atom. The quantitative estimate of drug-likeness (QED) is 0.834. The Morgan fingerprint density at radius 1 is 1.08 bits per heavy atom. The van der Waals surface area contributed by atoms with Crippen LogP contribution in [0.5, 0.6) is 5.75 Å². The number of nitriles is 1. The van der Waals surface area contributed by atoms with Gasteiger partial charge < -0.3 is 4.74 Å². The van der Waals surface area contributed by atoms with Gasteiger partial charge in [0.25, 0.3) is 11.8 Å². The van der Waals surface area contributed by atoms with Crippen molar-refractivity contribution in [2.45, 2.75) is 0 Å². The van der Waals surface area contributed by atoms with Crippen molar-refractivity contribution < 1.29 is 23.1 Å². The maximum atomic E-state index is 13.0. The van der Waals surface area contributed by atoms with Crippen molar-refractivity contribution >= 4 is 11.8 Å². The zero-order valence-electron chi connectivity index (χ0n) is 12.2. The monoisotopic (exact) mass is 331 g/mol. The molecule has 122 valence electrons. The van der Waals surface area contributed by atoms with Gasteiger partial charge in [-0.15, -0.1) is 0 Å². The fourth-order valence-corrected chi connectivity index (χ4v) is 1.75. The molecule has 0 aromatic heterocycles. The number of hydrazine groups is 1. The molecular formula is C16H11F2N3O3. The van der Waals surface area contributed by atoms with Gasteiger partial charge >= 0.3 is 0 Å². The van der Waals surface area contributed by atoms with E-state index in [2.05, 4.69) is 0 Å². The largest absolute Gasteiger partial charge is 0.482 e. The Balaban J connectivity index is 1.87. The first kappa shape index (κ1) is 16.9. The molecular weight excluding hydrogens is 320 g/mol. The smallest absolute Gasteiger partial charge is 0.276 e. The van der Waals surface area contributed by atoms with Crippen molar-refractivity contribution in [3.8, 4) is 11.8 Å². The van der Waals surface area contributed by atoms with Crippen molar-refractivity contribution in [1.82, 2.24) is 10.9 Å². The minimum Gasteiger partial charge on any atom is -0.482 e. The second kappa shape index (κ2) is 7.69. The zero-order chi connectivity index (χ0) is 17.5. The molecule has 0 aliphatic heterocycles. The van der Waals surface area contributed by atoms with E-state index in [0.29, 0.717) is 6.07 Å². The van der Waals surface area contributed by atoms with Crippen LogP contribution in [0.2, 0.25) is 0 Å². The Kier molecular flexibility index (Phi) is 5.41. The summed E-state index contributed by atoms with van der Waals surface area (Å²) in [4.78, 5) is 23.3. The van der Waals surface area contributed by atoms with Crippen LogP contribution in [0.15, 0.2) is 42.5 Å². The van der Waals surface area contributed by atoms with Crippen LogP contribution in [0, 0.1) is 23.0 Å². The first-order valence-electron chi connectivity index (χ1n) is 6.67. The lowest BCUT2D eigenvalue weighted by molar-refractivity contribution is -0.123. The molecule has 2 rings (SSSR count). The summed E-state index contributed by atoms with van der Waals surface area (Å²) in [5.74, 6) is -3.22. The van der Waals surface area contributed by atoms with E-state index in [1.165, 1.54) is 12.1 Å². The molecule has 0 spiro atoms. The lowest BCUT2D eigenvalue weighted by atomic mass is 10.2. The van der Waals surface area contributed by atoms with E-state index in [9.17, 15) is 18.4 Å². The highest BCUT2D eigenvalue weighted by Gasteiger charge is 2.11. The number of rotatable bonds is 4. The van der Waals surface area contributed by atoms with E-state index < -0.39 is 30.1 Å². The maximum absolute atomic E-state index is 13.0. The molecule has 2 aromatic rings.